The van der Waals surface area contributed by atoms with Gasteiger partial charge in [0.15, 0.2) is 0 Å². The zero-order valence-electron chi connectivity index (χ0n) is 8.21. The smallest absolute Gasteiger partial charge is 0.330 e. The molecule has 0 fully saturated rings. The Hall–Kier alpha value is -1.82. The number of aliphatic hydroxyl groups is 1. The highest BCUT2D eigenvalue weighted by molar-refractivity contribution is 5.48. The highest BCUT2D eigenvalue weighted by Gasteiger charge is 2.13. The van der Waals surface area contributed by atoms with Gasteiger partial charge in [-0.3, -0.25) is 10.1 Å². The van der Waals surface area contributed by atoms with Gasteiger partial charge in [-0.25, -0.2) is 0 Å². The first-order valence-corrected chi connectivity index (χ1v) is 4.33. The summed E-state index contributed by atoms with van der Waals surface area (Å²) < 4.78 is 4.97. The SMILES string of the molecule is COc1cccc(NCC(O)[N+](=O)[O-])c1. The molecule has 1 unspecified atom stereocenters. The molecule has 0 saturated carbocycles. The van der Waals surface area contributed by atoms with E-state index in [-0.39, 0.29) is 6.54 Å². The first-order chi connectivity index (χ1) is 7.13. The average molecular weight is 212 g/mol. The molecule has 82 valence electrons. The third kappa shape index (κ3) is 3.43. The van der Waals surface area contributed by atoms with E-state index < -0.39 is 11.2 Å². The van der Waals surface area contributed by atoms with Crippen molar-refractivity contribution in [2.24, 2.45) is 0 Å². The first kappa shape index (κ1) is 11.3. The Morgan fingerprint density at radius 1 is 1.67 bits per heavy atom. The van der Waals surface area contributed by atoms with Crippen molar-refractivity contribution < 1.29 is 14.8 Å². The minimum Gasteiger partial charge on any atom is -0.497 e. The first-order valence-electron chi connectivity index (χ1n) is 4.33. The van der Waals surface area contributed by atoms with E-state index >= 15 is 0 Å². The zero-order chi connectivity index (χ0) is 11.3. The van der Waals surface area contributed by atoms with E-state index in [2.05, 4.69) is 5.32 Å². The van der Waals surface area contributed by atoms with Crippen LogP contribution in [0.4, 0.5) is 5.69 Å². The molecule has 6 heteroatoms. The highest BCUT2D eigenvalue weighted by Crippen LogP contribution is 2.16. The van der Waals surface area contributed by atoms with Crippen molar-refractivity contribution in [3.8, 4) is 5.75 Å². The van der Waals surface area contributed by atoms with E-state index in [9.17, 15) is 10.1 Å². The van der Waals surface area contributed by atoms with Crippen molar-refractivity contribution in [3.63, 3.8) is 0 Å². The molecule has 0 heterocycles. The van der Waals surface area contributed by atoms with Crippen LogP contribution < -0.4 is 10.1 Å². The predicted molar refractivity (Wildman–Crippen MR) is 54.5 cm³/mol. The van der Waals surface area contributed by atoms with Crippen molar-refractivity contribution >= 4 is 5.69 Å². The summed E-state index contributed by atoms with van der Waals surface area (Å²) in [6.07, 6.45) is -1.60. The third-order valence-corrected chi connectivity index (χ3v) is 1.80. The van der Waals surface area contributed by atoms with Gasteiger partial charge in [0.25, 0.3) is 0 Å². The van der Waals surface area contributed by atoms with Gasteiger partial charge in [0, 0.05) is 11.8 Å². The van der Waals surface area contributed by atoms with Crippen LogP contribution in [-0.4, -0.2) is 29.9 Å². The van der Waals surface area contributed by atoms with E-state index in [0.717, 1.165) is 0 Å². The molecule has 0 saturated heterocycles. The van der Waals surface area contributed by atoms with Crippen LogP contribution in [0.3, 0.4) is 0 Å². The summed E-state index contributed by atoms with van der Waals surface area (Å²) in [6, 6.07) is 6.93. The molecule has 1 aromatic carbocycles. The summed E-state index contributed by atoms with van der Waals surface area (Å²) >= 11 is 0. The number of methoxy groups -OCH3 is 1. The second-order valence-electron chi connectivity index (χ2n) is 2.88. The van der Waals surface area contributed by atoms with Crippen LogP contribution in [0.5, 0.6) is 5.75 Å². The lowest BCUT2D eigenvalue weighted by Gasteiger charge is -2.07. The number of hydrogen-bond donors (Lipinski definition) is 2. The summed E-state index contributed by atoms with van der Waals surface area (Å²) in [6.45, 7) is -0.139. The molecule has 1 atom stereocenters. The summed E-state index contributed by atoms with van der Waals surface area (Å²) in [5.41, 5.74) is 0.662. The molecule has 0 amide bonds. The molecule has 1 rings (SSSR count). The van der Waals surface area contributed by atoms with Crippen molar-refractivity contribution in [1.29, 1.82) is 0 Å². The minimum atomic E-state index is -1.60. The van der Waals surface area contributed by atoms with E-state index in [0.29, 0.717) is 11.4 Å². The Labute approximate surface area is 86.6 Å². The van der Waals surface area contributed by atoms with Crippen LogP contribution in [0.15, 0.2) is 24.3 Å². The largest absolute Gasteiger partial charge is 0.497 e. The van der Waals surface area contributed by atoms with Crippen LogP contribution in [0.2, 0.25) is 0 Å². The number of hydrogen-bond acceptors (Lipinski definition) is 5. The third-order valence-electron chi connectivity index (χ3n) is 1.80. The number of aliphatic hydroxyl groups excluding tert-OH is 1. The number of rotatable bonds is 5. The van der Waals surface area contributed by atoms with Gasteiger partial charge < -0.3 is 15.2 Å². The van der Waals surface area contributed by atoms with Gasteiger partial charge in [0.1, 0.15) is 12.3 Å². The quantitative estimate of drug-likeness (QED) is 0.426. The standard InChI is InChI=1S/C9H12N2O4/c1-15-8-4-2-3-7(5-8)10-6-9(12)11(13)14/h2-5,9-10,12H,6H2,1H3. The molecule has 0 aliphatic carbocycles. The Morgan fingerprint density at radius 2 is 2.40 bits per heavy atom. The molecular formula is C9H12N2O4. The number of nitro groups is 1. The molecule has 0 aromatic heterocycles. The maximum Gasteiger partial charge on any atom is 0.330 e. The molecule has 2 N–H and O–H groups in total. The van der Waals surface area contributed by atoms with Gasteiger partial charge in [-0.05, 0) is 12.1 Å². The Morgan fingerprint density at radius 3 is 3.00 bits per heavy atom. The summed E-state index contributed by atoms with van der Waals surface area (Å²) in [5, 5.41) is 21.8. The normalized spacial score (nSPS) is 11.9. The van der Waals surface area contributed by atoms with Gasteiger partial charge in [0.2, 0.25) is 0 Å². The van der Waals surface area contributed by atoms with Gasteiger partial charge in [-0.15, -0.1) is 0 Å². The molecule has 0 aliphatic rings. The fourth-order valence-electron chi connectivity index (χ4n) is 1.02. The lowest BCUT2D eigenvalue weighted by atomic mass is 10.3. The lowest BCUT2D eigenvalue weighted by Crippen LogP contribution is -2.27. The second-order valence-corrected chi connectivity index (χ2v) is 2.88. The van der Waals surface area contributed by atoms with Crippen molar-refractivity contribution in [2.75, 3.05) is 19.0 Å². The van der Waals surface area contributed by atoms with E-state index in [1.165, 1.54) is 7.11 Å². The summed E-state index contributed by atoms with van der Waals surface area (Å²) in [4.78, 5) is 9.38. The molecule has 0 bridgehead atoms. The zero-order valence-corrected chi connectivity index (χ0v) is 8.21. The Balaban J connectivity index is 2.53. The molecule has 15 heavy (non-hydrogen) atoms. The van der Waals surface area contributed by atoms with Crippen LogP contribution in [0.25, 0.3) is 0 Å². The highest BCUT2D eigenvalue weighted by atomic mass is 16.7. The van der Waals surface area contributed by atoms with E-state index in [4.69, 9.17) is 9.84 Å². The minimum absolute atomic E-state index is 0.139. The number of ether oxygens (including phenoxy) is 1. The number of nitrogens with one attached hydrogen (secondary N) is 1. The maximum atomic E-state index is 10.1. The molecular weight excluding hydrogens is 200 g/mol. The van der Waals surface area contributed by atoms with Crippen LogP contribution in [-0.2, 0) is 0 Å². The number of benzene rings is 1. The average Bonchev–Trinajstić information content (AvgIpc) is 2.26. The van der Waals surface area contributed by atoms with E-state index in [1.807, 2.05) is 0 Å². The Bertz CT molecular complexity index is 343. The monoisotopic (exact) mass is 212 g/mol. The second kappa shape index (κ2) is 5.16. The van der Waals surface area contributed by atoms with Gasteiger partial charge in [0.05, 0.1) is 12.0 Å². The predicted octanol–water partition coefficient (Wildman–Crippen LogP) is 0.702. The summed E-state index contributed by atoms with van der Waals surface area (Å²) in [7, 11) is 1.53. The maximum absolute atomic E-state index is 10.1. The molecule has 6 nitrogen and oxygen atoms in total. The fraction of sp³-hybridized carbons (Fsp3) is 0.333. The van der Waals surface area contributed by atoms with Crippen molar-refractivity contribution in [3.05, 3.63) is 34.4 Å². The Kier molecular flexibility index (Phi) is 3.87. The van der Waals surface area contributed by atoms with Gasteiger partial charge in [-0.2, -0.15) is 0 Å². The molecule has 0 aliphatic heterocycles. The van der Waals surface area contributed by atoms with E-state index in [1.54, 1.807) is 24.3 Å². The molecule has 1 aromatic rings. The van der Waals surface area contributed by atoms with Crippen molar-refractivity contribution in [1.82, 2.24) is 0 Å². The molecule has 0 spiro atoms. The number of anilines is 1. The molecule has 0 radical (unpaired) electrons. The van der Waals surface area contributed by atoms with Crippen LogP contribution in [0, 0.1) is 10.1 Å². The topological polar surface area (TPSA) is 84.6 Å². The fourth-order valence-corrected chi connectivity index (χ4v) is 1.02. The van der Waals surface area contributed by atoms with Crippen molar-refractivity contribution in [2.45, 2.75) is 6.23 Å². The van der Waals surface area contributed by atoms with Crippen LogP contribution >= 0.6 is 0 Å². The van der Waals surface area contributed by atoms with Crippen LogP contribution in [0.1, 0.15) is 0 Å². The van der Waals surface area contributed by atoms with Gasteiger partial charge >= 0.3 is 6.23 Å². The summed E-state index contributed by atoms with van der Waals surface area (Å²) in [5.74, 6) is 0.649. The number of nitrogens with zero attached hydrogens (tertiary/aromatic N) is 1. The lowest BCUT2D eigenvalue weighted by molar-refractivity contribution is -0.565. The van der Waals surface area contributed by atoms with Gasteiger partial charge in [-0.1, -0.05) is 6.07 Å².